The summed E-state index contributed by atoms with van der Waals surface area (Å²) in [5.41, 5.74) is -1.47. The number of nitrogens with zero attached hydrogens (tertiary/aromatic N) is 2. The summed E-state index contributed by atoms with van der Waals surface area (Å²) >= 11 is 0. The van der Waals surface area contributed by atoms with E-state index in [1.165, 1.54) is 6.26 Å². The Kier molecular flexibility index (Phi) is 3.42. The van der Waals surface area contributed by atoms with Crippen LogP contribution in [0.5, 0.6) is 0 Å². The quantitative estimate of drug-likeness (QED) is 0.689. The molecule has 20 heavy (non-hydrogen) atoms. The van der Waals surface area contributed by atoms with Crippen molar-refractivity contribution in [1.82, 2.24) is 4.98 Å². The number of hydrogen-bond acceptors (Lipinski definition) is 5. The van der Waals surface area contributed by atoms with Crippen molar-refractivity contribution >= 4 is 17.6 Å². The minimum atomic E-state index is -1.43. The Hall–Kier alpha value is -2.84. The van der Waals surface area contributed by atoms with Crippen LogP contribution in [0.3, 0.4) is 0 Å². The lowest BCUT2D eigenvalue weighted by Crippen LogP contribution is -2.15. The molecule has 1 amide bonds. The highest BCUT2D eigenvalue weighted by Crippen LogP contribution is 2.23. The third-order valence-corrected chi connectivity index (χ3v) is 2.30. The molecule has 0 aliphatic carbocycles. The second kappa shape index (κ2) is 5.03. The SMILES string of the molecule is Cc1coc(NC(=O)c2cc(F)cc([N+](=O)[O-])c2F)n1. The molecule has 0 saturated carbocycles. The Bertz CT molecular complexity index is 699. The van der Waals surface area contributed by atoms with Gasteiger partial charge in [-0.15, -0.1) is 0 Å². The summed E-state index contributed by atoms with van der Waals surface area (Å²) in [7, 11) is 0. The van der Waals surface area contributed by atoms with Gasteiger partial charge >= 0.3 is 11.7 Å². The number of halogens is 2. The molecule has 0 spiro atoms. The van der Waals surface area contributed by atoms with Crippen LogP contribution in [0.2, 0.25) is 0 Å². The normalized spacial score (nSPS) is 10.3. The van der Waals surface area contributed by atoms with Crippen molar-refractivity contribution < 1.29 is 22.9 Å². The van der Waals surface area contributed by atoms with E-state index in [0.29, 0.717) is 17.8 Å². The highest BCUT2D eigenvalue weighted by atomic mass is 19.1. The standard InChI is InChI=1S/C11H7F2N3O4/c1-5-4-20-11(14-5)15-10(17)7-2-6(12)3-8(9(7)13)16(18)19/h2-4H,1H3,(H,14,15,17). The lowest BCUT2D eigenvalue weighted by Gasteiger charge is -2.03. The van der Waals surface area contributed by atoms with Gasteiger partial charge in [0.1, 0.15) is 12.1 Å². The molecule has 1 heterocycles. The van der Waals surface area contributed by atoms with Gasteiger partial charge in [-0.3, -0.25) is 20.2 Å². The largest absolute Gasteiger partial charge is 0.432 e. The van der Waals surface area contributed by atoms with Gasteiger partial charge in [-0.2, -0.15) is 9.37 Å². The molecule has 104 valence electrons. The van der Waals surface area contributed by atoms with Crippen LogP contribution in [0.1, 0.15) is 16.1 Å². The van der Waals surface area contributed by atoms with Gasteiger partial charge < -0.3 is 4.42 Å². The number of oxazole rings is 1. The molecule has 0 unspecified atom stereocenters. The molecule has 0 saturated heterocycles. The summed E-state index contributed by atoms with van der Waals surface area (Å²) in [6.07, 6.45) is 1.24. The van der Waals surface area contributed by atoms with Crippen molar-refractivity contribution in [2.45, 2.75) is 6.92 Å². The number of nitro groups is 1. The summed E-state index contributed by atoms with van der Waals surface area (Å²) in [4.78, 5) is 24.9. The molecule has 1 aromatic heterocycles. The second-order valence-corrected chi connectivity index (χ2v) is 3.79. The first-order valence-corrected chi connectivity index (χ1v) is 5.25. The van der Waals surface area contributed by atoms with Crippen molar-refractivity contribution in [1.29, 1.82) is 0 Å². The zero-order valence-corrected chi connectivity index (χ0v) is 10.0. The van der Waals surface area contributed by atoms with Crippen molar-refractivity contribution in [3.05, 3.63) is 51.4 Å². The Morgan fingerprint density at radius 1 is 1.45 bits per heavy atom. The summed E-state index contributed by atoms with van der Waals surface area (Å²) in [6, 6.07) is 0.716. The molecule has 2 rings (SSSR count). The Morgan fingerprint density at radius 3 is 2.70 bits per heavy atom. The minimum absolute atomic E-state index is 0.223. The van der Waals surface area contributed by atoms with E-state index in [4.69, 9.17) is 4.42 Å². The van der Waals surface area contributed by atoms with Crippen LogP contribution in [0.15, 0.2) is 22.8 Å². The van der Waals surface area contributed by atoms with Crippen molar-refractivity contribution in [3.8, 4) is 0 Å². The number of aromatic nitrogens is 1. The highest BCUT2D eigenvalue weighted by Gasteiger charge is 2.24. The minimum Gasteiger partial charge on any atom is -0.432 e. The predicted molar refractivity (Wildman–Crippen MR) is 62.2 cm³/mol. The summed E-state index contributed by atoms with van der Waals surface area (Å²) < 4.78 is 31.7. The van der Waals surface area contributed by atoms with Crippen LogP contribution in [0, 0.1) is 28.7 Å². The van der Waals surface area contributed by atoms with Crippen LogP contribution in [-0.4, -0.2) is 15.8 Å². The maximum Gasteiger partial charge on any atom is 0.308 e. The van der Waals surface area contributed by atoms with Gasteiger partial charge in [0.2, 0.25) is 5.82 Å². The average molecular weight is 283 g/mol. The first kappa shape index (κ1) is 13.6. The van der Waals surface area contributed by atoms with E-state index in [-0.39, 0.29) is 6.01 Å². The van der Waals surface area contributed by atoms with Gasteiger partial charge in [-0.25, -0.2) is 4.39 Å². The van der Waals surface area contributed by atoms with E-state index in [2.05, 4.69) is 10.3 Å². The number of nitro benzene ring substituents is 1. The van der Waals surface area contributed by atoms with Crippen LogP contribution >= 0.6 is 0 Å². The molecule has 9 heteroatoms. The van der Waals surface area contributed by atoms with Gasteiger partial charge in [-0.05, 0) is 13.0 Å². The van der Waals surface area contributed by atoms with Crippen LogP contribution in [-0.2, 0) is 0 Å². The number of hydrogen-bond donors (Lipinski definition) is 1. The number of benzene rings is 1. The van der Waals surface area contributed by atoms with Gasteiger partial charge in [0, 0.05) is 0 Å². The lowest BCUT2D eigenvalue weighted by molar-refractivity contribution is -0.387. The number of amides is 1. The average Bonchev–Trinajstić information content (AvgIpc) is 2.76. The number of carbonyl (C=O) groups excluding carboxylic acids is 1. The van der Waals surface area contributed by atoms with E-state index in [1.807, 2.05) is 0 Å². The summed E-state index contributed by atoms with van der Waals surface area (Å²) in [5.74, 6) is -3.64. The van der Waals surface area contributed by atoms with Crippen LogP contribution < -0.4 is 5.32 Å². The van der Waals surface area contributed by atoms with E-state index < -0.39 is 33.7 Å². The fourth-order valence-electron chi connectivity index (χ4n) is 1.45. The van der Waals surface area contributed by atoms with E-state index >= 15 is 0 Å². The topological polar surface area (TPSA) is 98.3 Å². The fraction of sp³-hybridized carbons (Fsp3) is 0.0909. The molecule has 0 aliphatic rings. The molecule has 0 radical (unpaired) electrons. The molecule has 0 fully saturated rings. The van der Waals surface area contributed by atoms with Crippen LogP contribution in [0.25, 0.3) is 0 Å². The number of nitrogens with one attached hydrogen (secondary N) is 1. The van der Waals surface area contributed by atoms with E-state index in [9.17, 15) is 23.7 Å². The Labute approximate surface area is 110 Å². The molecular weight excluding hydrogens is 276 g/mol. The zero-order chi connectivity index (χ0) is 14.9. The van der Waals surface area contributed by atoms with Crippen molar-refractivity contribution in [2.24, 2.45) is 0 Å². The summed E-state index contributed by atoms with van der Waals surface area (Å²) in [6.45, 7) is 1.59. The molecule has 2 aromatic rings. The van der Waals surface area contributed by atoms with Gasteiger partial charge in [-0.1, -0.05) is 0 Å². The van der Waals surface area contributed by atoms with Crippen LogP contribution in [0.4, 0.5) is 20.5 Å². The predicted octanol–water partition coefficient (Wildman–Crippen LogP) is 2.42. The molecule has 0 bridgehead atoms. The van der Waals surface area contributed by atoms with E-state index in [0.717, 1.165) is 0 Å². The zero-order valence-electron chi connectivity index (χ0n) is 10.0. The monoisotopic (exact) mass is 283 g/mol. The number of anilines is 1. The maximum absolute atomic E-state index is 13.7. The van der Waals surface area contributed by atoms with Gasteiger partial charge in [0.25, 0.3) is 5.91 Å². The lowest BCUT2D eigenvalue weighted by atomic mass is 10.1. The Morgan fingerprint density at radius 2 is 2.15 bits per heavy atom. The highest BCUT2D eigenvalue weighted by molar-refractivity contribution is 6.03. The van der Waals surface area contributed by atoms with E-state index in [1.54, 1.807) is 6.92 Å². The third kappa shape index (κ3) is 2.60. The molecule has 0 aliphatic heterocycles. The second-order valence-electron chi connectivity index (χ2n) is 3.79. The van der Waals surface area contributed by atoms with Crippen molar-refractivity contribution in [3.63, 3.8) is 0 Å². The molecule has 1 aromatic carbocycles. The Balaban J connectivity index is 2.37. The number of aryl methyl sites for hydroxylation is 1. The number of carbonyl (C=O) groups is 1. The molecular formula is C11H7F2N3O4. The molecule has 7 nitrogen and oxygen atoms in total. The van der Waals surface area contributed by atoms with Gasteiger partial charge in [0.05, 0.1) is 22.2 Å². The van der Waals surface area contributed by atoms with Crippen molar-refractivity contribution in [2.75, 3.05) is 5.32 Å². The third-order valence-electron chi connectivity index (χ3n) is 2.30. The first-order valence-electron chi connectivity index (χ1n) is 5.25. The summed E-state index contributed by atoms with van der Waals surface area (Å²) in [5, 5.41) is 12.6. The maximum atomic E-state index is 13.7. The number of rotatable bonds is 3. The van der Waals surface area contributed by atoms with Gasteiger partial charge in [0.15, 0.2) is 0 Å². The fourth-order valence-corrected chi connectivity index (χ4v) is 1.45. The molecule has 0 atom stereocenters. The first-order chi connectivity index (χ1) is 9.38. The smallest absolute Gasteiger partial charge is 0.308 e. The molecule has 1 N–H and O–H groups in total.